The van der Waals surface area contributed by atoms with Gasteiger partial charge in [-0.2, -0.15) is 0 Å². The van der Waals surface area contributed by atoms with Crippen molar-refractivity contribution in [1.82, 2.24) is 10.6 Å². The molecule has 0 spiro atoms. The molecule has 2 N–H and O–H groups in total. The molecule has 1 rings (SSSR count). The fourth-order valence-electron chi connectivity index (χ4n) is 2.05. The van der Waals surface area contributed by atoms with Crippen LogP contribution in [0, 0.1) is 5.92 Å². The predicted octanol–water partition coefficient (Wildman–Crippen LogP) is 2.33. The molecule has 0 fully saturated rings. The Hall–Kier alpha value is -1.55. The summed E-state index contributed by atoms with van der Waals surface area (Å²) in [6.07, 6.45) is 0. The summed E-state index contributed by atoms with van der Waals surface area (Å²) in [6.45, 7) is 6.35. The fraction of sp³-hybridized carbons (Fsp3) is 0.467. The maximum Gasteiger partial charge on any atom is 0.239 e. The van der Waals surface area contributed by atoms with Gasteiger partial charge in [-0.1, -0.05) is 37.6 Å². The Morgan fingerprint density at radius 1 is 1.15 bits per heavy atom. The Labute approximate surface area is 124 Å². The number of nitrogens with one attached hydrogen (secondary N) is 2. The predicted molar refractivity (Wildman–Crippen MR) is 80.7 cm³/mol. The summed E-state index contributed by atoms with van der Waals surface area (Å²) >= 11 is 5.86. The number of halogens is 1. The summed E-state index contributed by atoms with van der Waals surface area (Å²) in [5.74, 6) is -0.486. The van der Waals surface area contributed by atoms with Gasteiger partial charge < -0.3 is 10.6 Å². The molecule has 0 unspecified atom stereocenters. The number of hydrogen-bond donors (Lipinski definition) is 2. The Balaban J connectivity index is 2.73. The Morgan fingerprint density at radius 2 is 1.75 bits per heavy atom. The molecule has 1 atom stereocenters. The molecule has 20 heavy (non-hydrogen) atoms. The van der Waals surface area contributed by atoms with Crippen LogP contribution in [0.2, 0.25) is 5.02 Å². The van der Waals surface area contributed by atoms with E-state index in [9.17, 15) is 9.59 Å². The van der Waals surface area contributed by atoms with Crippen LogP contribution >= 0.6 is 11.6 Å². The first kappa shape index (κ1) is 16.5. The minimum Gasteiger partial charge on any atom is -0.355 e. The maximum absolute atomic E-state index is 12.3. The van der Waals surface area contributed by atoms with E-state index in [0.717, 1.165) is 5.56 Å². The van der Waals surface area contributed by atoms with Crippen molar-refractivity contribution in [3.63, 3.8) is 0 Å². The second kappa shape index (κ2) is 7.90. The van der Waals surface area contributed by atoms with E-state index in [2.05, 4.69) is 10.6 Å². The average Bonchev–Trinajstić information content (AvgIpc) is 2.39. The molecule has 0 aliphatic carbocycles. The van der Waals surface area contributed by atoms with Gasteiger partial charge in [-0.05, 0) is 30.5 Å². The lowest BCUT2D eigenvalue weighted by Crippen LogP contribution is -2.40. The van der Waals surface area contributed by atoms with Gasteiger partial charge in [0, 0.05) is 11.6 Å². The van der Waals surface area contributed by atoms with E-state index in [0.29, 0.717) is 11.6 Å². The van der Waals surface area contributed by atoms with Crippen LogP contribution in [0.3, 0.4) is 0 Å². The zero-order valence-electron chi connectivity index (χ0n) is 12.1. The van der Waals surface area contributed by atoms with Crippen molar-refractivity contribution in [2.45, 2.75) is 26.7 Å². The summed E-state index contributed by atoms with van der Waals surface area (Å²) in [5, 5.41) is 5.96. The highest BCUT2D eigenvalue weighted by molar-refractivity contribution is 6.30. The quantitative estimate of drug-likeness (QED) is 0.846. The SMILES string of the molecule is CCNC(=O)CNC(=O)[C@@H](c1ccc(Cl)cc1)C(C)C. The zero-order chi connectivity index (χ0) is 15.1. The highest BCUT2D eigenvalue weighted by atomic mass is 35.5. The van der Waals surface area contributed by atoms with Crippen molar-refractivity contribution >= 4 is 23.4 Å². The molecule has 0 bridgehead atoms. The van der Waals surface area contributed by atoms with E-state index in [1.807, 2.05) is 32.9 Å². The molecule has 0 aromatic heterocycles. The van der Waals surface area contributed by atoms with Gasteiger partial charge in [-0.25, -0.2) is 0 Å². The lowest BCUT2D eigenvalue weighted by atomic mass is 9.87. The first-order chi connectivity index (χ1) is 9.45. The normalized spacial score (nSPS) is 12.1. The van der Waals surface area contributed by atoms with Gasteiger partial charge in [0.1, 0.15) is 0 Å². The topological polar surface area (TPSA) is 58.2 Å². The van der Waals surface area contributed by atoms with Crippen LogP contribution in [0.1, 0.15) is 32.3 Å². The summed E-state index contributed by atoms with van der Waals surface area (Å²) in [7, 11) is 0. The molecule has 1 aromatic carbocycles. The van der Waals surface area contributed by atoms with E-state index >= 15 is 0 Å². The highest BCUT2D eigenvalue weighted by Gasteiger charge is 2.24. The minimum absolute atomic E-state index is 0.00346. The number of amides is 2. The molecule has 1 aromatic rings. The third-order valence-corrected chi connectivity index (χ3v) is 3.23. The number of likely N-dealkylation sites (N-methyl/N-ethyl adjacent to an activating group) is 1. The Kier molecular flexibility index (Phi) is 6.52. The van der Waals surface area contributed by atoms with Gasteiger partial charge in [0.05, 0.1) is 12.5 Å². The van der Waals surface area contributed by atoms with E-state index < -0.39 is 0 Å². The smallest absolute Gasteiger partial charge is 0.239 e. The molecular weight excluding hydrogens is 276 g/mol. The van der Waals surface area contributed by atoms with Crippen molar-refractivity contribution in [2.75, 3.05) is 13.1 Å². The van der Waals surface area contributed by atoms with E-state index in [4.69, 9.17) is 11.6 Å². The van der Waals surface area contributed by atoms with Crippen LogP contribution in [-0.4, -0.2) is 24.9 Å². The van der Waals surface area contributed by atoms with Crippen LogP contribution in [0.15, 0.2) is 24.3 Å². The summed E-state index contributed by atoms with van der Waals surface area (Å²) < 4.78 is 0. The standard InChI is InChI=1S/C15H21ClN2O2/c1-4-17-13(19)9-18-15(20)14(10(2)3)11-5-7-12(16)8-6-11/h5-8,10,14H,4,9H2,1-3H3,(H,17,19)(H,18,20)/t14-/m1/s1. The molecule has 2 amide bonds. The fourth-order valence-corrected chi connectivity index (χ4v) is 2.17. The van der Waals surface area contributed by atoms with Crippen molar-refractivity contribution in [3.8, 4) is 0 Å². The third-order valence-electron chi connectivity index (χ3n) is 2.98. The van der Waals surface area contributed by atoms with Crippen LogP contribution in [-0.2, 0) is 9.59 Å². The Bertz CT molecular complexity index is 457. The van der Waals surface area contributed by atoms with Gasteiger partial charge in [-0.15, -0.1) is 0 Å². The molecular formula is C15H21ClN2O2. The first-order valence-electron chi connectivity index (χ1n) is 6.75. The molecule has 110 valence electrons. The molecule has 4 nitrogen and oxygen atoms in total. The third kappa shape index (κ3) is 4.85. The Morgan fingerprint density at radius 3 is 2.25 bits per heavy atom. The first-order valence-corrected chi connectivity index (χ1v) is 7.13. The largest absolute Gasteiger partial charge is 0.355 e. The van der Waals surface area contributed by atoms with Gasteiger partial charge in [0.2, 0.25) is 11.8 Å². The van der Waals surface area contributed by atoms with Crippen LogP contribution in [0.5, 0.6) is 0 Å². The van der Waals surface area contributed by atoms with Crippen LogP contribution in [0.25, 0.3) is 0 Å². The van der Waals surface area contributed by atoms with Crippen LogP contribution in [0.4, 0.5) is 0 Å². The molecule has 5 heteroatoms. The van der Waals surface area contributed by atoms with Gasteiger partial charge in [-0.3, -0.25) is 9.59 Å². The van der Waals surface area contributed by atoms with E-state index in [1.54, 1.807) is 12.1 Å². The number of carbonyl (C=O) groups excluding carboxylic acids is 2. The number of benzene rings is 1. The zero-order valence-corrected chi connectivity index (χ0v) is 12.8. The summed E-state index contributed by atoms with van der Waals surface area (Å²) in [5.41, 5.74) is 0.901. The lowest BCUT2D eigenvalue weighted by Gasteiger charge is -2.20. The van der Waals surface area contributed by atoms with Crippen molar-refractivity contribution in [1.29, 1.82) is 0 Å². The molecule has 0 radical (unpaired) electrons. The monoisotopic (exact) mass is 296 g/mol. The molecule has 0 aliphatic rings. The average molecular weight is 297 g/mol. The highest BCUT2D eigenvalue weighted by Crippen LogP contribution is 2.25. The molecule has 0 saturated carbocycles. The second-order valence-electron chi connectivity index (χ2n) is 4.94. The summed E-state index contributed by atoms with van der Waals surface area (Å²) in [6, 6.07) is 7.23. The lowest BCUT2D eigenvalue weighted by molar-refractivity contribution is -0.127. The van der Waals surface area contributed by atoms with E-state index in [1.165, 1.54) is 0 Å². The van der Waals surface area contributed by atoms with Crippen LogP contribution < -0.4 is 10.6 Å². The van der Waals surface area contributed by atoms with Gasteiger partial charge in [0.25, 0.3) is 0 Å². The number of carbonyl (C=O) groups is 2. The molecule has 0 heterocycles. The number of rotatable bonds is 6. The van der Waals surface area contributed by atoms with Crippen molar-refractivity contribution in [2.24, 2.45) is 5.92 Å². The van der Waals surface area contributed by atoms with Gasteiger partial charge in [0.15, 0.2) is 0 Å². The molecule has 0 saturated heterocycles. The van der Waals surface area contributed by atoms with Crippen molar-refractivity contribution in [3.05, 3.63) is 34.9 Å². The number of hydrogen-bond acceptors (Lipinski definition) is 2. The maximum atomic E-state index is 12.3. The van der Waals surface area contributed by atoms with Gasteiger partial charge >= 0.3 is 0 Å². The molecule has 0 aliphatic heterocycles. The minimum atomic E-state index is -0.290. The van der Waals surface area contributed by atoms with Crippen molar-refractivity contribution < 1.29 is 9.59 Å². The van der Waals surface area contributed by atoms with E-state index in [-0.39, 0.29) is 30.2 Å². The summed E-state index contributed by atoms with van der Waals surface area (Å²) in [4.78, 5) is 23.6. The second-order valence-corrected chi connectivity index (χ2v) is 5.38.